The van der Waals surface area contributed by atoms with Gasteiger partial charge in [0.05, 0.1) is 0 Å². The van der Waals surface area contributed by atoms with Crippen molar-refractivity contribution in [2.24, 2.45) is 5.73 Å². The molecular weight excluding hydrogens is 166 g/mol. The second-order valence-electron chi connectivity index (χ2n) is 3.08. The maximum absolute atomic E-state index is 11.4. The van der Waals surface area contributed by atoms with E-state index in [2.05, 4.69) is 4.98 Å². The summed E-state index contributed by atoms with van der Waals surface area (Å²) in [5.74, 6) is 0.762. The summed E-state index contributed by atoms with van der Waals surface area (Å²) >= 11 is 0. The van der Waals surface area contributed by atoms with E-state index >= 15 is 0 Å². The minimum atomic E-state index is 0.0125. The van der Waals surface area contributed by atoms with Crippen molar-refractivity contribution < 1.29 is 0 Å². The molecule has 1 aromatic rings. The minimum Gasteiger partial charge on any atom is -0.330 e. The molecule has 0 aliphatic rings. The molecule has 0 aromatic carbocycles. The number of hydrogen-bond acceptors (Lipinski definition) is 3. The zero-order valence-electron chi connectivity index (χ0n) is 8.08. The van der Waals surface area contributed by atoms with Crippen molar-refractivity contribution in [2.45, 2.75) is 26.8 Å². The highest BCUT2D eigenvalue weighted by atomic mass is 16.1. The van der Waals surface area contributed by atoms with Crippen molar-refractivity contribution in [2.75, 3.05) is 6.54 Å². The third kappa shape index (κ3) is 2.39. The Kier molecular flexibility index (Phi) is 3.19. The lowest BCUT2D eigenvalue weighted by Crippen LogP contribution is -2.24. The molecule has 0 saturated heterocycles. The van der Waals surface area contributed by atoms with Crippen LogP contribution in [0.15, 0.2) is 10.9 Å². The third-order valence-electron chi connectivity index (χ3n) is 1.91. The molecule has 0 atom stereocenters. The smallest absolute Gasteiger partial charge is 0.253 e. The Balaban J connectivity index is 2.99. The summed E-state index contributed by atoms with van der Waals surface area (Å²) in [4.78, 5) is 15.7. The predicted octanol–water partition coefficient (Wildman–Crippen LogP) is 0.209. The average molecular weight is 181 g/mol. The fourth-order valence-corrected chi connectivity index (χ4v) is 1.29. The van der Waals surface area contributed by atoms with E-state index in [1.807, 2.05) is 13.8 Å². The van der Waals surface area contributed by atoms with Crippen LogP contribution >= 0.6 is 0 Å². The summed E-state index contributed by atoms with van der Waals surface area (Å²) < 4.78 is 1.65. The monoisotopic (exact) mass is 181 g/mol. The van der Waals surface area contributed by atoms with E-state index in [4.69, 9.17) is 5.73 Å². The molecule has 0 amide bonds. The second-order valence-corrected chi connectivity index (χ2v) is 3.08. The molecule has 1 rings (SSSR count). The first-order valence-corrected chi connectivity index (χ1v) is 4.40. The number of aromatic nitrogens is 2. The van der Waals surface area contributed by atoms with Gasteiger partial charge in [0.25, 0.3) is 5.56 Å². The van der Waals surface area contributed by atoms with Gasteiger partial charge in [0, 0.05) is 18.3 Å². The summed E-state index contributed by atoms with van der Waals surface area (Å²) in [5.41, 5.74) is 6.15. The first kappa shape index (κ1) is 9.92. The standard InChI is InChI=1S/C9H15N3O/c1-7-6-9(13)12(5-3-4-10)8(2)11-7/h6H,3-5,10H2,1-2H3. The molecule has 0 unspecified atom stereocenters. The fourth-order valence-electron chi connectivity index (χ4n) is 1.29. The Morgan fingerprint density at radius 2 is 2.23 bits per heavy atom. The number of nitrogens with zero attached hydrogens (tertiary/aromatic N) is 2. The number of aryl methyl sites for hydroxylation is 2. The predicted molar refractivity (Wildman–Crippen MR) is 51.6 cm³/mol. The van der Waals surface area contributed by atoms with Crippen molar-refractivity contribution in [1.29, 1.82) is 0 Å². The first-order chi connectivity index (χ1) is 6.15. The van der Waals surface area contributed by atoms with Gasteiger partial charge in [-0.1, -0.05) is 0 Å². The lowest BCUT2D eigenvalue weighted by Gasteiger charge is -2.07. The largest absolute Gasteiger partial charge is 0.330 e. The molecule has 0 aliphatic heterocycles. The van der Waals surface area contributed by atoms with Crippen LogP contribution in [0.1, 0.15) is 17.9 Å². The van der Waals surface area contributed by atoms with E-state index in [9.17, 15) is 4.79 Å². The van der Waals surface area contributed by atoms with Crippen LogP contribution < -0.4 is 11.3 Å². The van der Waals surface area contributed by atoms with Crippen molar-refractivity contribution in [3.05, 3.63) is 27.9 Å². The van der Waals surface area contributed by atoms with Gasteiger partial charge in [-0.3, -0.25) is 9.36 Å². The van der Waals surface area contributed by atoms with Crippen LogP contribution in [0.3, 0.4) is 0 Å². The van der Waals surface area contributed by atoms with Gasteiger partial charge in [0.15, 0.2) is 0 Å². The van der Waals surface area contributed by atoms with Crippen LogP contribution in [0.2, 0.25) is 0 Å². The molecule has 13 heavy (non-hydrogen) atoms. The molecule has 2 N–H and O–H groups in total. The Morgan fingerprint density at radius 3 is 2.77 bits per heavy atom. The van der Waals surface area contributed by atoms with E-state index in [0.717, 1.165) is 17.9 Å². The van der Waals surface area contributed by atoms with Crippen LogP contribution in [0.5, 0.6) is 0 Å². The Bertz CT molecular complexity index is 343. The van der Waals surface area contributed by atoms with E-state index in [1.165, 1.54) is 0 Å². The highest BCUT2D eigenvalue weighted by Gasteiger charge is 2.01. The van der Waals surface area contributed by atoms with Gasteiger partial charge in [-0.25, -0.2) is 4.98 Å². The Labute approximate surface area is 77.4 Å². The van der Waals surface area contributed by atoms with Crippen LogP contribution in [-0.2, 0) is 6.54 Å². The van der Waals surface area contributed by atoms with Gasteiger partial charge in [-0.15, -0.1) is 0 Å². The highest BCUT2D eigenvalue weighted by Crippen LogP contribution is 1.94. The normalized spacial score (nSPS) is 10.4. The van der Waals surface area contributed by atoms with Crippen LogP contribution in [0.25, 0.3) is 0 Å². The molecular formula is C9H15N3O. The molecule has 0 radical (unpaired) electrons. The van der Waals surface area contributed by atoms with Crippen molar-refractivity contribution in [3.63, 3.8) is 0 Å². The van der Waals surface area contributed by atoms with Gasteiger partial charge in [-0.2, -0.15) is 0 Å². The first-order valence-electron chi connectivity index (χ1n) is 4.40. The Hall–Kier alpha value is -1.16. The maximum Gasteiger partial charge on any atom is 0.253 e. The van der Waals surface area contributed by atoms with Crippen molar-refractivity contribution >= 4 is 0 Å². The zero-order valence-corrected chi connectivity index (χ0v) is 8.08. The van der Waals surface area contributed by atoms with Crippen LogP contribution in [0.4, 0.5) is 0 Å². The summed E-state index contributed by atoms with van der Waals surface area (Å²) in [7, 11) is 0. The molecule has 0 spiro atoms. The fraction of sp³-hybridized carbons (Fsp3) is 0.556. The number of nitrogens with two attached hydrogens (primary N) is 1. The highest BCUT2D eigenvalue weighted by molar-refractivity contribution is 5.01. The SMILES string of the molecule is Cc1cc(=O)n(CCCN)c(C)n1. The zero-order chi connectivity index (χ0) is 9.84. The molecule has 1 heterocycles. The molecule has 0 saturated carbocycles. The average Bonchev–Trinajstić information content (AvgIpc) is 2.02. The summed E-state index contributed by atoms with van der Waals surface area (Å²) in [6.07, 6.45) is 0.811. The van der Waals surface area contributed by atoms with Crippen molar-refractivity contribution in [3.8, 4) is 0 Å². The molecule has 72 valence electrons. The van der Waals surface area contributed by atoms with Gasteiger partial charge in [-0.05, 0) is 26.8 Å². The van der Waals surface area contributed by atoms with Gasteiger partial charge in [0.1, 0.15) is 5.82 Å². The van der Waals surface area contributed by atoms with Gasteiger partial charge < -0.3 is 5.73 Å². The van der Waals surface area contributed by atoms with E-state index < -0.39 is 0 Å². The topological polar surface area (TPSA) is 60.9 Å². The summed E-state index contributed by atoms with van der Waals surface area (Å²) in [6.45, 7) is 4.92. The van der Waals surface area contributed by atoms with Gasteiger partial charge in [0.2, 0.25) is 0 Å². The molecule has 1 aromatic heterocycles. The molecule has 0 fully saturated rings. The molecule has 4 nitrogen and oxygen atoms in total. The quantitative estimate of drug-likeness (QED) is 0.725. The van der Waals surface area contributed by atoms with Crippen LogP contribution in [0, 0.1) is 13.8 Å². The molecule has 4 heteroatoms. The van der Waals surface area contributed by atoms with E-state index in [1.54, 1.807) is 10.6 Å². The van der Waals surface area contributed by atoms with Gasteiger partial charge >= 0.3 is 0 Å². The maximum atomic E-state index is 11.4. The third-order valence-corrected chi connectivity index (χ3v) is 1.91. The van der Waals surface area contributed by atoms with E-state index in [-0.39, 0.29) is 5.56 Å². The number of hydrogen-bond donors (Lipinski definition) is 1. The second kappa shape index (κ2) is 4.18. The summed E-state index contributed by atoms with van der Waals surface area (Å²) in [6, 6.07) is 1.55. The minimum absolute atomic E-state index is 0.0125. The summed E-state index contributed by atoms with van der Waals surface area (Å²) in [5, 5.41) is 0. The Morgan fingerprint density at radius 1 is 1.54 bits per heavy atom. The lowest BCUT2D eigenvalue weighted by molar-refractivity contribution is 0.596. The molecule has 0 aliphatic carbocycles. The number of rotatable bonds is 3. The van der Waals surface area contributed by atoms with Crippen LogP contribution in [-0.4, -0.2) is 16.1 Å². The van der Waals surface area contributed by atoms with E-state index in [0.29, 0.717) is 13.1 Å². The lowest BCUT2D eigenvalue weighted by atomic mass is 10.3. The molecule has 0 bridgehead atoms. The van der Waals surface area contributed by atoms with Crippen molar-refractivity contribution in [1.82, 2.24) is 9.55 Å².